The van der Waals surface area contributed by atoms with Gasteiger partial charge in [-0.2, -0.15) is 0 Å². The van der Waals surface area contributed by atoms with Crippen LogP contribution in [0.1, 0.15) is 5.69 Å². The highest BCUT2D eigenvalue weighted by Gasteiger charge is 2.17. The first-order chi connectivity index (χ1) is 8.56. The van der Waals surface area contributed by atoms with Crippen LogP contribution in [0.4, 0.5) is 5.82 Å². The normalized spacial score (nSPS) is 9.72. The molecule has 0 aliphatic heterocycles. The monoisotopic (exact) mass is 252 g/mol. The molecule has 1 rings (SSSR count). The van der Waals surface area contributed by atoms with Gasteiger partial charge in [0.1, 0.15) is 18.9 Å². The van der Waals surface area contributed by atoms with E-state index in [1.807, 2.05) is 13.0 Å². The summed E-state index contributed by atoms with van der Waals surface area (Å²) in [7, 11) is 2.59. The summed E-state index contributed by atoms with van der Waals surface area (Å²) in [6, 6.07) is 5.36. The van der Waals surface area contributed by atoms with Gasteiger partial charge in [-0.15, -0.1) is 0 Å². The largest absolute Gasteiger partial charge is 0.468 e. The molecule has 0 saturated carbocycles. The second kappa shape index (κ2) is 6.58. The van der Waals surface area contributed by atoms with Gasteiger partial charge < -0.3 is 14.4 Å². The minimum Gasteiger partial charge on any atom is -0.468 e. The predicted octanol–water partition coefficient (Wildman–Crippen LogP) is 0.542. The molecule has 1 aromatic heterocycles. The van der Waals surface area contributed by atoms with Crippen LogP contribution in [-0.2, 0) is 19.1 Å². The Morgan fingerprint density at radius 3 is 2.17 bits per heavy atom. The van der Waals surface area contributed by atoms with Gasteiger partial charge in [-0.05, 0) is 19.1 Å². The van der Waals surface area contributed by atoms with Gasteiger partial charge in [0.2, 0.25) is 0 Å². The second-order valence-electron chi connectivity index (χ2n) is 3.65. The summed E-state index contributed by atoms with van der Waals surface area (Å²) in [4.78, 5) is 28.4. The van der Waals surface area contributed by atoms with Crippen molar-refractivity contribution in [3.63, 3.8) is 0 Å². The molecule has 0 unspecified atom stereocenters. The van der Waals surface area contributed by atoms with E-state index in [9.17, 15) is 9.59 Å². The first kappa shape index (κ1) is 14.0. The maximum atomic E-state index is 11.3. The van der Waals surface area contributed by atoms with Crippen LogP contribution in [0.15, 0.2) is 18.2 Å². The summed E-state index contributed by atoms with van der Waals surface area (Å²) in [5, 5.41) is 0. The molecule has 0 fully saturated rings. The van der Waals surface area contributed by atoms with Crippen molar-refractivity contribution in [3.8, 4) is 0 Å². The van der Waals surface area contributed by atoms with Gasteiger partial charge in [0.15, 0.2) is 0 Å². The Morgan fingerprint density at radius 2 is 1.72 bits per heavy atom. The lowest BCUT2D eigenvalue weighted by atomic mass is 10.3. The highest BCUT2D eigenvalue weighted by Crippen LogP contribution is 2.11. The summed E-state index contributed by atoms with van der Waals surface area (Å²) in [6.07, 6.45) is 0. The van der Waals surface area contributed by atoms with E-state index >= 15 is 0 Å². The lowest BCUT2D eigenvalue weighted by Gasteiger charge is -2.21. The first-order valence-electron chi connectivity index (χ1n) is 5.39. The van der Waals surface area contributed by atoms with Crippen molar-refractivity contribution in [2.45, 2.75) is 6.92 Å². The van der Waals surface area contributed by atoms with Gasteiger partial charge in [-0.1, -0.05) is 6.07 Å². The third-order valence-electron chi connectivity index (χ3n) is 2.29. The van der Waals surface area contributed by atoms with Crippen molar-refractivity contribution < 1.29 is 19.1 Å². The molecule has 0 bridgehead atoms. The number of aromatic nitrogens is 1. The number of nitrogens with zero attached hydrogens (tertiary/aromatic N) is 2. The summed E-state index contributed by atoms with van der Waals surface area (Å²) in [6.45, 7) is 1.72. The van der Waals surface area contributed by atoms with E-state index in [1.54, 1.807) is 12.1 Å². The zero-order valence-corrected chi connectivity index (χ0v) is 10.7. The van der Waals surface area contributed by atoms with Crippen LogP contribution in [0.3, 0.4) is 0 Å². The molecule has 0 spiro atoms. The highest BCUT2D eigenvalue weighted by atomic mass is 16.5. The molecule has 6 heteroatoms. The molecule has 0 radical (unpaired) electrons. The highest BCUT2D eigenvalue weighted by molar-refractivity contribution is 5.80. The molecular formula is C12H16N2O4. The van der Waals surface area contributed by atoms with Gasteiger partial charge in [0, 0.05) is 5.69 Å². The SMILES string of the molecule is COC(=O)CN(CC(=O)OC)c1cccc(C)n1. The second-order valence-corrected chi connectivity index (χ2v) is 3.65. The Hall–Kier alpha value is -2.11. The van der Waals surface area contributed by atoms with E-state index in [1.165, 1.54) is 19.1 Å². The quantitative estimate of drug-likeness (QED) is 0.712. The summed E-state index contributed by atoms with van der Waals surface area (Å²) in [5.41, 5.74) is 0.798. The Labute approximate surface area is 106 Å². The number of hydrogen-bond donors (Lipinski definition) is 0. The van der Waals surface area contributed by atoms with Crippen molar-refractivity contribution >= 4 is 17.8 Å². The number of rotatable bonds is 5. The number of methoxy groups -OCH3 is 2. The Bertz CT molecular complexity index is 416. The number of pyridine rings is 1. The van der Waals surface area contributed by atoms with Crippen molar-refractivity contribution in [1.82, 2.24) is 4.98 Å². The van der Waals surface area contributed by atoms with Gasteiger partial charge in [0.05, 0.1) is 14.2 Å². The maximum absolute atomic E-state index is 11.3. The van der Waals surface area contributed by atoms with Crippen LogP contribution in [0.5, 0.6) is 0 Å². The molecule has 98 valence electrons. The van der Waals surface area contributed by atoms with E-state index in [0.29, 0.717) is 5.82 Å². The van der Waals surface area contributed by atoms with Gasteiger partial charge in [-0.3, -0.25) is 9.59 Å². The van der Waals surface area contributed by atoms with Crippen LogP contribution in [0.25, 0.3) is 0 Å². The lowest BCUT2D eigenvalue weighted by molar-refractivity contribution is -0.140. The van der Waals surface area contributed by atoms with Gasteiger partial charge in [-0.25, -0.2) is 4.98 Å². The smallest absolute Gasteiger partial charge is 0.325 e. The molecule has 0 aliphatic rings. The molecule has 1 heterocycles. The number of hydrogen-bond acceptors (Lipinski definition) is 6. The third-order valence-corrected chi connectivity index (χ3v) is 2.29. The number of ether oxygens (including phenoxy) is 2. The van der Waals surface area contributed by atoms with Crippen LogP contribution in [0.2, 0.25) is 0 Å². The molecule has 0 amide bonds. The minimum atomic E-state index is -0.442. The molecule has 0 atom stereocenters. The summed E-state index contributed by atoms with van der Waals surface area (Å²) >= 11 is 0. The molecule has 6 nitrogen and oxygen atoms in total. The van der Waals surface area contributed by atoms with Gasteiger partial charge >= 0.3 is 11.9 Å². The number of anilines is 1. The van der Waals surface area contributed by atoms with Crippen molar-refractivity contribution in [2.75, 3.05) is 32.2 Å². The van der Waals surface area contributed by atoms with Gasteiger partial charge in [0.25, 0.3) is 0 Å². The Morgan fingerprint density at radius 1 is 1.17 bits per heavy atom. The summed E-state index contributed by atoms with van der Waals surface area (Å²) in [5.74, 6) is -0.352. The molecule has 0 aliphatic carbocycles. The number of carbonyl (C=O) groups excluding carboxylic acids is 2. The fourth-order valence-electron chi connectivity index (χ4n) is 1.36. The van der Waals surface area contributed by atoms with Crippen LogP contribution in [0, 0.1) is 6.92 Å². The van der Waals surface area contributed by atoms with Crippen molar-refractivity contribution in [1.29, 1.82) is 0 Å². The average Bonchev–Trinajstić information content (AvgIpc) is 2.37. The van der Waals surface area contributed by atoms with E-state index in [2.05, 4.69) is 14.5 Å². The lowest BCUT2D eigenvalue weighted by Crippen LogP contribution is -2.36. The van der Waals surface area contributed by atoms with E-state index in [0.717, 1.165) is 5.69 Å². The van der Waals surface area contributed by atoms with Crippen molar-refractivity contribution in [3.05, 3.63) is 23.9 Å². The molecule has 1 aromatic rings. The number of esters is 2. The van der Waals surface area contributed by atoms with E-state index < -0.39 is 11.9 Å². The molecule has 18 heavy (non-hydrogen) atoms. The average molecular weight is 252 g/mol. The Balaban J connectivity index is 2.88. The third kappa shape index (κ3) is 4.04. The zero-order chi connectivity index (χ0) is 13.5. The fraction of sp³-hybridized carbons (Fsp3) is 0.417. The zero-order valence-electron chi connectivity index (χ0n) is 10.7. The molecular weight excluding hydrogens is 236 g/mol. The molecule has 0 N–H and O–H groups in total. The predicted molar refractivity (Wildman–Crippen MR) is 65.2 cm³/mol. The Kier molecular flexibility index (Phi) is 5.10. The van der Waals surface area contributed by atoms with E-state index in [-0.39, 0.29) is 13.1 Å². The maximum Gasteiger partial charge on any atom is 0.325 e. The van der Waals surface area contributed by atoms with Crippen molar-refractivity contribution in [2.24, 2.45) is 0 Å². The summed E-state index contributed by atoms with van der Waals surface area (Å²) < 4.78 is 9.17. The van der Waals surface area contributed by atoms with E-state index in [4.69, 9.17) is 0 Å². The molecule has 0 saturated heterocycles. The van der Waals surface area contributed by atoms with Crippen LogP contribution < -0.4 is 4.90 Å². The first-order valence-corrected chi connectivity index (χ1v) is 5.39. The standard InChI is InChI=1S/C12H16N2O4/c1-9-5-4-6-10(13-9)14(7-11(15)17-2)8-12(16)18-3/h4-6H,7-8H2,1-3H3. The molecule has 0 aromatic carbocycles. The number of carbonyl (C=O) groups is 2. The number of aryl methyl sites for hydroxylation is 1. The minimum absolute atomic E-state index is 0.0535. The fourth-order valence-corrected chi connectivity index (χ4v) is 1.36. The van der Waals surface area contributed by atoms with Crippen LogP contribution in [-0.4, -0.2) is 44.2 Å². The van der Waals surface area contributed by atoms with Crippen LogP contribution >= 0.6 is 0 Å². The topological polar surface area (TPSA) is 68.7 Å².